The number of aliphatic hydroxyl groups excluding tert-OH is 1. The molecular weight excluding hydrogens is 170 g/mol. The van der Waals surface area contributed by atoms with Crippen molar-refractivity contribution >= 4 is 0 Å². The van der Waals surface area contributed by atoms with E-state index in [0.717, 1.165) is 0 Å². The van der Waals surface area contributed by atoms with Crippen LogP contribution >= 0.6 is 0 Å². The molecular formula is C9H15NO3. The van der Waals surface area contributed by atoms with E-state index < -0.39 is 5.60 Å². The van der Waals surface area contributed by atoms with E-state index in [1.54, 1.807) is 0 Å². The molecule has 1 N–H and O–H groups in total. The topological polar surface area (TPSA) is 62.5 Å². The summed E-state index contributed by atoms with van der Waals surface area (Å²) in [5, 5.41) is 17.5. The molecule has 0 aliphatic carbocycles. The second-order valence-corrected chi connectivity index (χ2v) is 3.19. The van der Waals surface area contributed by atoms with Crippen molar-refractivity contribution in [1.82, 2.24) is 0 Å². The Morgan fingerprint density at radius 3 is 3.00 bits per heavy atom. The van der Waals surface area contributed by atoms with Crippen LogP contribution in [0.15, 0.2) is 0 Å². The van der Waals surface area contributed by atoms with E-state index >= 15 is 0 Å². The van der Waals surface area contributed by atoms with Gasteiger partial charge in [0.25, 0.3) is 0 Å². The van der Waals surface area contributed by atoms with Crippen LogP contribution in [0.2, 0.25) is 0 Å². The number of hydrogen-bond donors (Lipinski definition) is 1. The molecule has 1 fully saturated rings. The zero-order chi connectivity index (χ0) is 9.73. The highest BCUT2D eigenvalue weighted by Crippen LogP contribution is 2.29. The third kappa shape index (κ3) is 2.19. The lowest BCUT2D eigenvalue weighted by atomic mass is 9.98. The van der Waals surface area contributed by atoms with Gasteiger partial charge in [-0.1, -0.05) is 0 Å². The molecule has 1 aliphatic rings. The zero-order valence-corrected chi connectivity index (χ0v) is 7.82. The molecule has 0 amide bonds. The van der Waals surface area contributed by atoms with Gasteiger partial charge in [-0.3, -0.25) is 0 Å². The third-order valence-electron chi connectivity index (χ3n) is 2.35. The minimum Gasteiger partial charge on any atom is -0.396 e. The van der Waals surface area contributed by atoms with Crippen LogP contribution in [0.4, 0.5) is 0 Å². The number of rotatable bonds is 4. The molecule has 0 aromatic rings. The largest absolute Gasteiger partial charge is 0.396 e. The fourth-order valence-electron chi connectivity index (χ4n) is 1.41. The lowest BCUT2D eigenvalue weighted by molar-refractivity contribution is -0.0507. The first-order chi connectivity index (χ1) is 6.25. The van der Waals surface area contributed by atoms with E-state index in [4.69, 9.17) is 19.8 Å². The van der Waals surface area contributed by atoms with Gasteiger partial charge in [0.2, 0.25) is 0 Å². The minimum atomic E-state index is -0.783. The average Bonchev–Trinajstić information content (AvgIpc) is 2.49. The smallest absolute Gasteiger partial charge is 0.181 e. The van der Waals surface area contributed by atoms with E-state index in [-0.39, 0.29) is 12.7 Å². The van der Waals surface area contributed by atoms with E-state index in [2.05, 4.69) is 6.07 Å². The molecule has 0 saturated carbocycles. The summed E-state index contributed by atoms with van der Waals surface area (Å²) in [5.41, 5.74) is -0.783. The number of hydrogen-bond acceptors (Lipinski definition) is 4. The molecule has 0 spiro atoms. The van der Waals surface area contributed by atoms with Crippen LogP contribution in [-0.4, -0.2) is 36.6 Å². The Morgan fingerprint density at radius 2 is 2.54 bits per heavy atom. The summed E-state index contributed by atoms with van der Waals surface area (Å²) in [6, 6.07) is 2.16. The predicted molar refractivity (Wildman–Crippen MR) is 46.0 cm³/mol. The van der Waals surface area contributed by atoms with Crippen LogP contribution in [0.5, 0.6) is 0 Å². The Hall–Kier alpha value is -0.630. The van der Waals surface area contributed by atoms with Gasteiger partial charge in [-0.2, -0.15) is 5.26 Å². The van der Waals surface area contributed by atoms with Gasteiger partial charge < -0.3 is 14.6 Å². The first-order valence-electron chi connectivity index (χ1n) is 4.53. The molecule has 0 aromatic heterocycles. The fraction of sp³-hybridized carbons (Fsp3) is 0.889. The van der Waals surface area contributed by atoms with E-state index in [1.165, 1.54) is 0 Å². The average molecular weight is 185 g/mol. The molecule has 4 nitrogen and oxygen atoms in total. The van der Waals surface area contributed by atoms with Crippen molar-refractivity contribution < 1.29 is 14.6 Å². The Balaban J connectivity index is 2.46. The van der Waals surface area contributed by atoms with Crippen molar-refractivity contribution in [2.24, 2.45) is 0 Å². The van der Waals surface area contributed by atoms with Crippen LogP contribution in [0.1, 0.15) is 19.8 Å². The van der Waals surface area contributed by atoms with Gasteiger partial charge in [0.05, 0.1) is 19.3 Å². The van der Waals surface area contributed by atoms with Gasteiger partial charge in [0, 0.05) is 13.0 Å². The van der Waals surface area contributed by atoms with Crippen LogP contribution in [0.3, 0.4) is 0 Å². The monoisotopic (exact) mass is 185 g/mol. The highest BCUT2D eigenvalue weighted by molar-refractivity contribution is 5.08. The van der Waals surface area contributed by atoms with Crippen LogP contribution < -0.4 is 0 Å². The first kappa shape index (κ1) is 10.5. The molecule has 4 heteroatoms. The predicted octanol–water partition coefficient (Wildman–Crippen LogP) is 0.457. The summed E-state index contributed by atoms with van der Waals surface area (Å²) >= 11 is 0. The summed E-state index contributed by atoms with van der Waals surface area (Å²) in [6.45, 7) is 2.93. The number of nitrogens with zero attached hydrogens (tertiary/aromatic N) is 1. The minimum absolute atomic E-state index is 0.0940. The van der Waals surface area contributed by atoms with E-state index in [0.29, 0.717) is 26.1 Å². The highest BCUT2D eigenvalue weighted by atomic mass is 16.6. The molecule has 13 heavy (non-hydrogen) atoms. The van der Waals surface area contributed by atoms with E-state index in [9.17, 15) is 0 Å². The van der Waals surface area contributed by atoms with Gasteiger partial charge >= 0.3 is 0 Å². The maximum atomic E-state index is 8.97. The first-order valence-corrected chi connectivity index (χ1v) is 4.53. The summed E-state index contributed by atoms with van der Waals surface area (Å²) in [6.07, 6.45) is 1.02. The summed E-state index contributed by atoms with van der Waals surface area (Å²) in [4.78, 5) is 0. The standard InChI is InChI=1S/C9H15NO3/c1-8-9(7-10,3-6-12-8)13-5-2-4-11/h8,11H,2-6H2,1H3. The SMILES string of the molecule is CC1OCCC1(C#N)OCCCO. The molecule has 1 aliphatic heterocycles. The third-order valence-corrected chi connectivity index (χ3v) is 2.35. The number of aliphatic hydroxyl groups is 1. The maximum Gasteiger partial charge on any atom is 0.181 e. The van der Waals surface area contributed by atoms with Crippen molar-refractivity contribution in [1.29, 1.82) is 5.26 Å². The van der Waals surface area contributed by atoms with Gasteiger partial charge in [0.1, 0.15) is 6.07 Å². The zero-order valence-electron chi connectivity index (χ0n) is 7.82. The Kier molecular flexibility index (Phi) is 3.67. The van der Waals surface area contributed by atoms with Gasteiger partial charge in [-0.05, 0) is 13.3 Å². The molecule has 0 radical (unpaired) electrons. The summed E-state index contributed by atoms with van der Waals surface area (Å²) in [5.74, 6) is 0. The molecule has 1 saturated heterocycles. The fourth-order valence-corrected chi connectivity index (χ4v) is 1.41. The van der Waals surface area contributed by atoms with Gasteiger partial charge in [-0.15, -0.1) is 0 Å². The maximum absolute atomic E-state index is 8.97. The van der Waals surface area contributed by atoms with Crippen molar-refractivity contribution in [2.45, 2.75) is 31.5 Å². The quantitative estimate of drug-likeness (QED) is 0.646. The highest BCUT2D eigenvalue weighted by Gasteiger charge is 2.42. The lowest BCUT2D eigenvalue weighted by Gasteiger charge is -2.24. The van der Waals surface area contributed by atoms with Gasteiger partial charge in [0.15, 0.2) is 5.60 Å². The number of nitriles is 1. The van der Waals surface area contributed by atoms with Crippen molar-refractivity contribution in [3.8, 4) is 6.07 Å². The Bertz CT molecular complexity index is 202. The van der Waals surface area contributed by atoms with Crippen molar-refractivity contribution in [3.05, 3.63) is 0 Å². The van der Waals surface area contributed by atoms with Crippen LogP contribution in [-0.2, 0) is 9.47 Å². The second kappa shape index (κ2) is 4.56. The van der Waals surface area contributed by atoms with Crippen molar-refractivity contribution in [2.75, 3.05) is 19.8 Å². The van der Waals surface area contributed by atoms with Gasteiger partial charge in [-0.25, -0.2) is 0 Å². The summed E-state index contributed by atoms with van der Waals surface area (Å²) < 4.78 is 10.7. The molecule has 1 heterocycles. The lowest BCUT2D eigenvalue weighted by Crippen LogP contribution is -2.38. The van der Waals surface area contributed by atoms with Crippen LogP contribution in [0.25, 0.3) is 0 Å². The Morgan fingerprint density at radius 1 is 1.77 bits per heavy atom. The number of ether oxygens (including phenoxy) is 2. The normalized spacial score (nSPS) is 33.2. The molecule has 2 unspecified atom stereocenters. The molecule has 2 atom stereocenters. The molecule has 0 aromatic carbocycles. The Labute approximate surface area is 78.1 Å². The molecule has 74 valence electrons. The second-order valence-electron chi connectivity index (χ2n) is 3.19. The molecule has 0 bridgehead atoms. The van der Waals surface area contributed by atoms with Crippen LogP contribution in [0, 0.1) is 11.3 Å². The van der Waals surface area contributed by atoms with E-state index in [1.807, 2.05) is 6.92 Å². The van der Waals surface area contributed by atoms with Crippen molar-refractivity contribution in [3.63, 3.8) is 0 Å². The molecule has 1 rings (SSSR count). The summed E-state index contributed by atoms with van der Waals surface area (Å²) in [7, 11) is 0.